The highest BCUT2D eigenvalue weighted by atomic mass is 79.9. The molecule has 2 rings (SSSR count). The van der Waals surface area contributed by atoms with Gasteiger partial charge in [0.05, 0.1) is 17.3 Å². The first-order valence-electron chi connectivity index (χ1n) is 4.98. The molecule has 5 nitrogen and oxygen atoms in total. The number of hydrogen-bond donors (Lipinski definition) is 2. The van der Waals surface area contributed by atoms with Crippen molar-refractivity contribution in [3.8, 4) is 5.75 Å². The van der Waals surface area contributed by atoms with Crippen molar-refractivity contribution >= 4 is 49.3 Å². The molecule has 94 valence electrons. The topological polar surface area (TPSA) is 73.1 Å². The van der Waals surface area contributed by atoms with Gasteiger partial charge in [-0.05, 0) is 44.0 Å². The molecular weight excluding hydrogens is 364 g/mol. The highest BCUT2D eigenvalue weighted by Crippen LogP contribution is 2.35. The second-order valence-corrected chi connectivity index (χ2v) is 5.11. The standard InChI is InChI=1S/C11H10Br2N4O/c1-18-9-5-8(6(12)4-7(9)13)16-11-15-3-2-10(14)17-11/h2-5H,1H3,(H3,14,15,16,17). The van der Waals surface area contributed by atoms with Crippen molar-refractivity contribution in [2.45, 2.75) is 0 Å². The summed E-state index contributed by atoms with van der Waals surface area (Å²) < 4.78 is 6.95. The Morgan fingerprint density at radius 2 is 2.06 bits per heavy atom. The number of nitrogens with zero attached hydrogens (tertiary/aromatic N) is 2. The lowest BCUT2D eigenvalue weighted by Gasteiger charge is -2.10. The smallest absolute Gasteiger partial charge is 0.229 e. The van der Waals surface area contributed by atoms with Crippen molar-refractivity contribution in [3.05, 3.63) is 33.3 Å². The van der Waals surface area contributed by atoms with Crippen molar-refractivity contribution in [2.24, 2.45) is 0 Å². The average molecular weight is 374 g/mol. The van der Waals surface area contributed by atoms with Crippen LogP contribution < -0.4 is 15.8 Å². The highest BCUT2D eigenvalue weighted by Gasteiger charge is 2.08. The van der Waals surface area contributed by atoms with E-state index in [0.717, 1.165) is 14.6 Å². The molecule has 0 fully saturated rings. The minimum atomic E-state index is 0.410. The number of benzene rings is 1. The Balaban J connectivity index is 2.34. The fraction of sp³-hybridized carbons (Fsp3) is 0.0909. The Kier molecular flexibility index (Phi) is 4.03. The van der Waals surface area contributed by atoms with Gasteiger partial charge < -0.3 is 15.8 Å². The molecule has 1 aromatic carbocycles. The maximum atomic E-state index is 5.60. The molecule has 0 unspecified atom stereocenters. The maximum Gasteiger partial charge on any atom is 0.229 e. The normalized spacial score (nSPS) is 10.2. The molecule has 0 saturated heterocycles. The van der Waals surface area contributed by atoms with E-state index in [1.54, 1.807) is 19.4 Å². The Labute approximate surface area is 121 Å². The molecule has 0 saturated carbocycles. The zero-order valence-electron chi connectivity index (χ0n) is 9.45. The van der Waals surface area contributed by atoms with E-state index in [1.165, 1.54) is 0 Å². The summed E-state index contributed by atoms with van der Waals surface area (Å²) in [6.07, 6.45) is 1.59. The second-order valence-electron chi connectivity index (χ2n) is 3.40. The lowest BCUT2D eigenvalue weighted by atomic mass is 10.3. The lowest BCUT2D eigenvalue weighted by Crippen LogP contribution is -2.00. The fourth-order valence-electron chi connectivity index (χ4n) is 1.33. The van der Waals surface area contributed by atoms with Gasteiger partial charge in [0.25, 0.3) is 0 Å². The van der Waals surface area contributed by atoms with E-state index in [4.69, 9.17) is 10.5 Å². The SMILES string of the molecule is COc1cc(Nc2nccc(N)n2)c(Br)cc1Br. The molecule has 0 spiro atoms. The van der Waals surface area contributed by atoms with Crippen LogP contribution in [-0.4, -0.2) is 17.1 Å². The fourth-order valence-corrected chi connectivity index (χ4v) is 2.59. The first-order chi connectivity index (χ1) is 8.60. The molecule has 0 radical (unpaired) electrons. The monoisotopic (exact) mass is 372 g/mol. The number of nitrogens with two attached hydrogens (primary N) is 1. The van der Waals surface area contributed by atoms with E-state index in [-0.39, 0.29) is 0 Å². The maximum absolute atomic E-state index is 5.60. The number of ether oxygens (including phenoxy) is 1. The number of rotatable bonds is 3. The molecule has 0 bridgehead atoms. The molecule has 0 amide bonds. The van der Waals surface area contributed by atoms with Crippen LogP contribution in [0.2, 0.25) is 0 Å². The summed E-state index contributed by atoms with van der Waals surface area (Å²) in [6, 6.07) is 5.34. The summed E-state index contributed by atoms with van der Waals surface area (Å²) in [4.78, 5) is 8.15. The molecule has 2 aromatic rings. The molecule has 7 heteroatoms. The zero-order chi connectivity index (χ0) is 13.1. The van der Waals surface area contributed by atoms with Gasteiger partial charge in [-0.25, -0.2) is 4.98 Å². The van der Waals surface area contributed by atoms with E-state index in [1.807, 2.05) is 12.1 Å². The number of nitrogen functional groups attached to an aromatic ring is 1. The van der Waals surface area contributed by atoms with Crippen LogP contribution in [0.3, 0.4) is 0 Å². The zero-order valence-corrected chi connectivity index (χ0v) is 12.6. The van der Waals surface area contributed by atoms with Gasteiger partial charge in [0.1, 0.15) is 11.6 Å². The number of anilines is 3. The van der Waals surface area contributed by atoms with Gasteiger partial charge in [-0.1, -0.05) is 0 Å². The Hall–Kier alpha value is -1.34. The number of nitrogens with one attached hydrogen (secondary N) is 1. The molecule has 3 N–H and O–H groups in total. The lowest BCUT2D eigenvalue weighted by molar-refractivity contribution is 0.412. The van der Waals surface area contributed by atoms with Crippen LogP contribution in [-0.2, 0) is 0 Å². The summed E-state index contributed by atoms with van der Waals surface area (Å²) in [5.41, 5.74) is 6.39. The van der Waals surface area contributed by atoms with Gasteiger partial charge in [-0.15, -0.1) is 0 Å². The molecule has 1 aromatic heterocycles. The highest BCUT2D eigenvalue weighted by molar-refractivity contribution is 9.11. The number of halogens is 2. The third-order valence-electron chi connectivity index (χ3n) is 2.17. The van der Waals surface area contributed by atoms with Gasteiger partial charge in [-0.3, -0.25) is 0 Å². The minimum absolute atomic E-state index is 0.410. The van der Waals surface area contributed by atoms with E-state index in [9.17, 15) is 0 Å². The van der Waals surface area contributed by atoms with E-state index >= 15 is 0 Å². The van der Waals surface area contributed by atoms with Gasteiger partial charge >= 0.3 is 0 Å². The van der Waals surface area contributed by atoms with Crippen LogP contribution in [0.5, 0.6) is 5.75 Å². The van der Waals surface area contributed by atoms with Crippen LogP contribution in [0.25, 0.3) is 0 Å². The number of hydrogen-bond acceptors (Lipinski definition) is 5. The average Bonchev–Trinajstić information content (AvgIpc) is 2.33. The van der Waals surface area contributed by atoms with Crippen LogP contribution in [0.4, 0.5) is 17.5 Å². The summed E-state index contributed by atoms with van der Waals surface area (Å²) in [5, 5.41) is 3.07. The van der Waals surface area contributed by atoms with Crippen molar-refractivity contribution in [3.63, 3.8) is 0 Å². The largest absolute Gasteiger partial charge is 0.495 e. The van der Waals surface area contributed by atoms with Crippen LogP contribution in [0.1, 0.15) is 0 Å². The third kappa shape index (κ3) is 2.91. The minimum Gasteiger partial charge on any atom is -0.495 e. The first-order valence-corrected chi connectivity index (χ1v) is 6.57. The van der Waals surface area contributed by atoms with E-state index in [0.29, 0.717) is 17.5 Å². The Morgan fingerprint density at radius 1 is 1.28 bits per heavy atom. The molecule has 1 heterocycles. The van der Waals surface area contributed by atoms with Gasteiger partial charge in [0.2, 0.25) is 5.95 Å². The van der Waals surface area contributed by atoms with Crippen molar-refractivity contribution in [1.82, 2.24) is 9.97 Å². The van der Waals surface area contributed by atoms with Crippen LogP contribution in [0.15, 0.2) is 33.3 Å². The summed E-state index contributed by atoms with van der Waals surface area (Å²) in [6.45, 7) is 0. The Morgan fingerprint density at radius 3 is 2.72 bits per heavy atom. The van der Waals surface area contributed by atoms with Gasteiger partial charge in [0, 0.05) is 16.7 Å². The Bertz CT molecular complexity index is 577. The second kappa shape index (κ2) is 5.53. The van der Waals surface area contributed by atoms with Gasteiger partial charge in [-0.2, -0.15) is 4.98 Å². The molecule has 0 aliphatic carbocycles. The van der Waals surface area contributed by atoms with Crippen LogP contribution in [0, 0.1) is 0 Å². The predicted molar refractivity (Wildman–Crippen MR) is 78.1 cm³/mol. The summed E-state index contributed by atoms with van der Waals surface area (Å²) in [7, 11) is 1.61. The van der Waals surface area contributed by atoms with E-state index < -0.39 is 0 Å². The third-order valence-corrected chi connectivity index (χ3v) is 3.44. The summed E-state index contributed by atoms with van der Waals surface area (Å²) in [5.74, 6) is 1.55. The van der Waals surface area contributed by atoms with Crippen molar-refractivity contribution in [1.29, 1.82) is 0 Å². The molecule has 0 aliphatic rings. The number of methoxy groups -OCH3 is 1. The van der Waals surface area contributed by atoms with E-state index in [2.05, 4.69) is 47.1 Å². The quantitative estimate of drug-likeness (QED) is 0.863. The predicted octanol–water partition coefficient (Wildman–Crippen LogP) is 3.34. The molecule has 0 atom stereocenters. The number of aromatic nitrogens is 2. The molecule has 18 heavy (non-hydrogen) atoms. The summed E-state index contributed by atoms with van der Waals surface area (Å²) >= 11 is 6.86. The first kappa shape index (κ1) is 13.1. The van der Waals surface area contributed by atoms with Crippen LogP contribution >= 0.6 is 31.9 Å². The van der Waals surface area contributed by atoms with Gasteiger partial charge in [0.15, 0.2) is 0 Å². The van der Waals surface area contributed by atoms with Crippen molar-refractivity contribution in [2.75, 3.05) is 18.2 Å². The molecule has 0 aliphatic heterocycles. The van der Waals surface area contributed by atoms with Crippen molar-refractivity contribution < 1.29 is 4.74 Å². The molecular formula is C11H10Br2N4O.